The molecule has 2 aliphatic heterocycles. The zero-order valence-corrected chi connectivity index (χ0v) is 16.9. The predicted molar refractivity (Wildman–Crippen MR) is 107 cm³/mol. The first kappa shape index (κ1) is 20.8. The highest BCUT2D eigenvalue weighted by Crippen LogP contribution is 2.43. The monoisotopic (exact) mass is 453 g/mol. The third kappa shape index (κ3) is 3.82. The minimum absolute atomic E-state index is 0.107. The van der Waals surface area contributed by atoms with E-state index in [0.717, 1.165) is 45.1 Å². The highest BCUT2D eigenvalue weighted by molar-refractivity contribution is 5.71. The van der Waals surface area contributed by atoms with Crippen molar-refractivity contribution >= 4 is 22.7 Å². The van der Waals surface area contributed by atoms with E-state index in [4.69, 9.17) is 0 Å². The number of aromatic nitrogens is 5. The van der Waals surface area contributed by atoms with Gasteiger partial charge in [0.25, 0.3) is 6.43 Å². The van der Waals surface area contributed by atoms with E-state index in [-0.39, 0.29) is 5.41 Å². The molecule has 0 atom stereocenters. The van der Waals surface area contributed by atoms with Gasteiger partial charge >= 0.3 is 6.18 Å². The van der Waals surface area contributed by atoms with E-state index in [1.165, 1.54) is 23.1 Å². The summed E-state index contributed by atoms with van der Waals surface area (Å²) in [4.78, 5) is 16.5. The Labute approximate surface area is 179 Å². The molecule has 1 spiro atoms. The van der Waals surface area contributed by atoms with Crippen LogP contribution in [0.15, 0.2) is 30.7 Å². The van der Waals surface area contributed by atoms with Crippen LogP contribution in [0.4, 0.5) is 33.5 Å². The van der Waals surface area contributed by atoms with Gasteiger partial charge in [-0.05, 0) is 25.0 Å². The smallest absolute Gasteiger partial charge is 0.370 e. The summed E-state index contributed by atoms with van der Waals surface area (Å²) in [5, 5.41) is 3.94. The molecule has 0 bridgehead atoms. The molecule has 0 aromatic carbocycles. The van der Waals surface area contributed by atoms with Crippen molar-refractivity contribution in [2.75, 3.05) is 36.0 Å². The second-order valence-electron chi connectivity index (χ2n) is 8.40. The van der Waals surface area contributed by atoms with Crippen LogP contribution in [0.2, 0.25) is 0 Å². The number of fused-ring (bicyclic) bond motifs is 1. The van der Waals surface area contributed by atoms with Gasteiger partial charge < -0.3 is 9.80 Å². The van der Waals surface area contributed by atoms with E-state index >= 15 is 0 Å². The molecule has 0 aliphatic carbocycles. The molecule has 2 aliphatic rings. The maximum atomic E-state index is 12.8. The Kier molecular flexibility index (Phi) is 4.90. The van der Waals surface area contributed by atoms with Crippen LogP contribution in [0.3, 0.4) is 0 Å². The Balaban J connectivity index is 1.21. The fourth-order valence-electron chi connectivity index (χ4n) is 4.48. The number of alkyl halides is 5. The molecule has 170 valence electrons. The number of pyridine rings is 1. The normalized spacial score (nSPS) is 18.6. The summed E-state index contributed by atoms with van der Waals surface area (Å²) in [5.41, 5.74) is 0.719. The quantitative estimate of drug-likeness (QED) is 0.563. The number of rotatable bonds is 4. The van der Waals surface area contributed by atoms with Crippen molar-refractivity contribution in [1.82, 2.24) is 24.7 Å². The lowest BCUT2D eigenvalue weighted by Crippen LogP contribution is -2.60. The molecule has 2 saturated heterocycles. The summed E-state index contributed by atoms with van der Waals surface area (Å²) in [6, 6.07) is 2.48. The molecule has 2 fully saturated rings. The molecule has 3 aromatic rings. The first-order valence-electron chi connectivity index (χ1n) is 10.2. The number of halogens is 5. The van der Waals surface area contributed by atoms with Gasteiger partial charge in [-0.15, -0.1) is 0 Å². The highest BCUT2D eigenvalue weighted by atomic mass is 19.4. The van der Waals surface area contributed by atoms with Gasteiger partial charge in [0.1, 0.15) is 23.6 Å². The molecule has 5 heterocycles. The van der Waals surface area contributed by atoms with Crippen LogP contribution in [0.25, 0.3) is 11.2 Å². The fourth-order valence-corrected chi connectivity index (χ4v) is 4.48. The van der Waals surface area contributed by atoms with Crippen LogP contribution in [0, 0.1) is 5.41 Å². The van der Waals surface area contributed by atoms with Crippen molar-refractivity contribution in [3.8, 4) is 0 Å². The van der Waals surface area contributed by atoms with Gasteiger partial charge in [-0.25, -0.2) is 28.4 Å². The first-order chi connectivity index (χ1) is 15.2. The van der Waals surface area contributed by atoms with Crippen LogP contribution in [0.1, 0.15) is 18.5 Å². The van der Waals surface area contributed by atoms with E-state index < -0.39 is 24.8 Å². The molecule has 32 heavy (non-hydrogen) atoms. The predicted octanol–water partition coefficient (Wildman–Crippen LogP) is 3.61. The Morgan fingerprint density at radius 3 is 2.34 bits per heavy atom. The van der Waals surface area contributed by atoms with Gasteiger partial charge in [-0.1, -0.05) is 0 Å². The summed E-state index contributed by atoms with van der Waals surface area (Å²) in [6.45, 7) is 2.48. The van der Waals surface area contributed by atoms with Gasteiger partial charge in [0, 0.05) is 31.6 Å². The lowest BCUT2D eigenvalue weighted by Gasteiger charge is -2.54. The molecular formula is C20H20F5N7. The first-order valence-corrected chi connectivity index (χ1v) is 10.2. The Morgan fingerprint density at radius 2 is 1.72 bits per heavy atom. The lowest BCUT2D eigenvalue weighted by atomic mass is 9.72. The zero-order chi connectivity index (χ0) is 22.5. The molecule has 12 heteroatoms. The highest BCUT2D eigenvalue weighted by Gasteiger charge is 2.45. The number of piperidine rings is 1. The topological polar surface area (TPSA) is 63.0 Å². The van der Waals surface area contributed by atoms with E-state index in [1.807, 2.05) is 0 Å². The molecule has 3 aromatic heterocycles. The maximum absolute atomic E-state index is 12.8. The fraction of sp³-hybridized carbons (Fsp3) is 0.500. The minimum atomic E-state index is -4.44. The second-order valence-corrected chi connectivity index (χ2v) is 8.40. The van der Waals surface area contributed by atoms with Crippen LogP contribution in [-0.4, -0.2) is 57.3 Å². The van der Waals surface area contributed by atoms with Gasteiger partial charge in [-0.3, -0.25) is 0 Å². The largest absolute Gasteiger partial charge is 0.433 e. The maximum Gasteiger partial charge on any atom is 0.433 e. The molecular weight excluding hydrogens is 433 g/mol. The summed E-state index contributed by atoms with van der Waals surface area (Å²) in [5.74, 6) is 0.633. The van der Waals surface area contributed by atoms with Crippen LogP contribution in [-0.2, 0) is 12.7 Å². The van der Waals surface area contributed by atoms with Crippen molar-refractivity contribution < 1.29 is 22.0 Å². The number of nitrogens with zero attached hydrogens (tertiary/aromatic N) is 7. The van der Waals surface area contributed by atoms with Crippen molar-refractivity contribution in [3.05, 3.63) is 36.4 Å². The van der Waals surface area contributed by atoms with Crippen molar-refractivity contribution in [1.29, 1.82) is 0 Å². The van der Waals surface area contributed by atoms with E-state index in [2.05, 4.69) is 29.9 Å². The third-order valence-corrected chi connectivity index (χ3v) is 6.25. The standard InChI is InChI=1S/C20H20F5N7/c21-16(22)10-32-18-14(8-28-32)26-9-17(29-18)31-11-19(12-31)3-5-30(6-4-19)13-1-2-15(27-7-13)20(23,24)25/h1-2,7-9,16H,3-6,10-12H2. The molecule has 5 rings (SSSR count). The van der Waals surface area contributed by atoms with Crippen molar-refractivity contribution in [2.45, 2.75) is 32.0 Å². The minimum Gasteiger partial charge on any atom is -0.370 e. The van der Waals surface area contributed by atoms with Crippen molar-refractivity contribution in [3.63, 3.8) is 0 Å². The Hall–Kier alpha value is -3.05. The van der Waals surface area contributed by atoms with Gasteiger partial charge in [-0.2, -0.15) is 18.3 Å². The Bertz CT molecular complexity index is 1100. The van der Waals surface area contributed by atoms with Crippen LogP contribution >= 0.6 is 0 Å². The van der Waals surface area contributed by atoms with E-state index in [9.17, 15) is 22.0 Å². The van der Waals surface area contributed by atoms with Gasteiger partial charge in [0.15, 0.2) is 5.65 Å². The molecule has 7 nitrogen and oxygen atoms in total. The second kappa shape index (κ2) is 7.52. The molecule has 0 radical (unpaired) electrons. The Morgan fingerprint density at radius 1 is 0.969 bits per heavy atom. The molecule has 0 unspecified atom stereocenters. The van der Waals surface area contributed by atoms with Crippen LogP contribution < -0.4 is 9.80 Å². The summed E-state index contributed by atoms with van der Waals surface area (Å²) >= 11 is 0. The molecule has 0 saturated carbocycles. The average Bonchev–Trinajstić information content (AvgIpc) is 3.13. The summed E-state index contributed by atoms with van der Waals surface area (Å²) in [6.07, 6.45) is -0.845. The molecule has 0 N–H and O–H groups in total. The zero-order valence-electron chi connectivity index (χ0n) is 16.9. The third-order valence-electron chi connectivity index (χ3n) is 6.25. The average molecular weight is 453 g/mol. The summed E-state index contributed by atoms with van der Waals surface area (Å²) < 4.78 is 64.8. The molecule has 0 amide bonds. The summed E-state index contributed by atoms with van der Waals surface area (Å²) in [7, 11) is 0. The number of hydrogen-bond acceptors (Lipinski definition) is 6. The van der Waals surface area contributed by atoms with Gasteiger partial charge in [0.05, 0.1) is 24.3 Å². The van der Waals surface area contributed by atoms with Gasteiger partial charge in [0.2, 0.25) is 0 Å². The van der Waals surface area contributed by atoms with Crippen molar-refractivity contribution in [2.24, 2.45) is 5.41 Å². The number of hydrogen-bond donors (Lipinski definition) is 0. The van der Waals surface area contributed by atoms with E-state index in [1.54, 1.807) is 6.20 Å². The number of anilines is 2. The SMILES string of the molecule is FC(F)Cn1ncc2ncc(N3CC4(CCN(c5ccc(C(F)(F)F)nc5)CC4)C3)nc21. The lowest BCUT2D eigenvalue weighted by molar-refractivity contribution is -0.141. The van der Waals surface area contributed by atoms with Crippen LogP contribution in [0.5, 0.6) is 0 Å². The van der Waals surface area contributed by atoms with E-state index in [0.29, 0.717) is 22.7 Å².